The van der Waals surface area contributed by atoms with Gasteiger partial charge in [0.05, 0.1) is 6.04 Å². The zero-order chi connectivity index (χ0) is 14.8. The summed E-state index contributed by atoms with van der Waals surface area (Å²) in [5.74, 6) is 0.510. The molecular weight excluding hydrogens is 272 g/mol. The van der Waals surface area contributed by atoms with Crippen molar-refractivity contribution in [3.8, 4) is 5.75 Å². The van der Waals surface area contributed by atoms with Gasteiger partial charge in [-0.25, -0.2) is 4.79 Å². The second kappa shape index (κ2) is 5.51. The van der Waals surface area contributed by atoms with Crippen LogP contribution in [0, 0.1) is 0 Å². The molecule has 0 spiro atoms. The third-order valence-corrected chi connectivity index (χ3v) is 3.81. The fourth-order valence-electron chi connectivity index (χ4n) is 2.67. The van der Waals surface area contributed by atoms with Gasteiger partial charge in [-0.3, -0.25) is 4.79 Å². The van der Waals surface area contributed by atoms with Crippen LogP contribution in [-0.2, 0) is 4.79 Å². The second-order valence-corrected chi connectivity index (χ2v) is 5.23. The Kier molecular flexibility index (Phi) is 3.55. The number of carbonyl (C=O) groups excluding carboxylic acids is 2. The van der Waals surface area contributed by atoms with Crippen LogP contribution in [0.2, 0.25) is 0 Å². The van der Waals surface area contributed by atoms with Crippen molar-refractivity contribution in [1.82, 2.24) is 15.1 Å². The summed E-state index contributed by atoms with van der Waals surface area (Å²) < 4.78 is 5.47. The number of urea groups is 1. The summed E-state index contributed by atoms with van der Waals surface area (Å²) in [6.45, 7) is 2.25. The molecule has 1 atom stereocenters. The van der Waals surface area contributed by atoms with Gasteiger partial charge in [0.2, 0.25) is 0 Å². The Labute approximate surface area is 122 Å². The SMILES string of the molecule is Nc1cccc(OCC(=O)N2CCN3C(=O)NCC3C2)c1. The highest BCUT2D eigenvalue weighted by Crippen LogP contribution is 2.16. The molecule has 2 aliphatic rings. The van der Waals surface area contributed by atoms with Gasteiger partial charge in [0, 0.05) is 37.9 Å². The topological polar surface area (TPSA) is 87.9 Å². The standard InChI is InChI=1S/C14H18N4O3/c15-10-2-1-3-12(6-10)21-9-13(19)17-4-5-18-11(8-17)7-16-14(18)20/h1-3,6,11H,4-5,7-9,15H2,(H,16,20). The highest BCUT2D eigenvalue weighted by molar-refractivity contribution is 5.80. The predicted molar refractivity (Wildman–Crippen MR) is 76.8 cm³/mol. The first-order valence-electron chi connectivity index (χ1n) is 6.94. The summed E-state index contributed by atoms with van der Waals surface area (Å²) in [5.41, 5.74) is 6.26. The molecule has 1 unspecified atom stereocenters. The van der Waals surface area contributed by atoms with Gasteiger partial charge in [-0.1, -0.05) is 6.07 Å². The van der Waals surface area contributed by atoms with Crippen LogP contribution in [0.3, 0.4) is 0 Å². The van der Waals surface area contributed by atoms with Crippen molar-refractivity contribution in [2.75, 3.05) is 38.5 Å². The number of benzene rings is 1. The van der Waals surface area contributed by atoms with Crippen molar-refractivity contribution in [3.05, 3.63) is 24.3 Å². The average molecular weight is 290 g/mol. The maximum absolute atomic E-state index is 12.2. The van der Waals surface area contributed by atoms with E-state index in [0.717, 1.165) is 0 Å². The Morgan fingerprint density at radius 3 is 3.10 bits per heavy atom. The fourth-order valence-corrected chi connectivity index (χ4v) is 2.67. The number of nitrogens with one attached hydrogen (secondary N) is 1. The van der Waals surface area contributed by atoms with E-state index in [1.807, 2.05) is 0 Å². The van der Waals surface area contributed by atoms with Gasteiger partial charge >= 0.3 is 6.03 Å². The summed E-state index contributed by atoms with van der Waals surface area (Å²) >= 11 is 0. The number of amides is 3. The minimum Gasteiger partial charge on any atom is -0.484 e. The van der Waals surface area contributed by atoms with Crippen LogP contribution in [0.1, 0.15) is 0 Å². The van der Waals surface area contributed by atoms with Crippen LogP contribution in [0.4, 0.5) is 10.5 Å². The number of rotatable bonds is 3. The van der Waals surface area contributed by atoms with Gasteiger partial charge in [0.25, 0.3) is 5.91 Å². The first-order valence-corrected chi connectivity index (χ1v) is 6.94. The number of carbonyl (C=O) groups is 2. The van der Waals surface area contributed by atoms with Gasteiger partial charge in [-0.05, 0) is 12.1 Å². The van der Waals surface area contributed by atoms with E-state index in [4.69, 9.17) is 10.5 Å². The molecule has 3 amide bonds. The monoisotopic (exact) mass is 290 g/mol. The number of hydrogen-bond donors (Lipinski definition) is 2. The number of ether oxygens (including phenoxy) is 1. The van der Waals surface area contributed by atoms with Crippen LogP contribution >= 0.6 is 0 Å². The first-order chi connectivity index (χ1) is 10.1. The van der Waals surface area contributed by atoms with E-state index < -0.39 is 0 Å². The lowest BCUT2D eigenvalue weighted by Gasteiger charge is -2.36. The lowest BCUT2D eigenvalue weighted by Crippen LogP contribution is -2.54. The van der Waals surface area contributed by atoms with E-state index in [1.54, 1.807) is 34.1 Å². The molecule has 7 nitrogen and oxygen atoms in total. The summed E-state index contributed by atoms with van der Waals surface area (Å²) in [4.78, 5) is 27.2. The predicted octanol–water partition coefficient (Wildman–Crippen LogP) is -0.116. The largest absolute Gasteiger partial charge is 0.484 e. The van der Waals surface area contributed by atoms with Crippen LogP contribution < -0.4 is 15.8 Å². The van der Waals surface area contributed by atoms with Gasteiger partial charge in [0.1, 0.15) is 5.75 Å². The smallest absolute Gasteiger partial charge is 0.317 e. The van der Waals surface area contributed by atoms with Crippen molar-refractivity contribution in [2.45, 2.75) is 6.04 Å². The van der Waals surface area contributed by atoms with Gasteiger partial charge in [0.15, 0.2) is 6.61 Å². The molecule has 0 saturated carbocycles. The lowest BCUT2D eigenvalue weighted by atomic mass is 10.2. The zero-order valence-electron chi connectivity index (χ0n) is 11.6. The second-order valence-electron chi connectivity index (χ2n) is 5.23. The number of fused-ring (bicyclic) bond motifs is 1. The van der Waals surface area contributed by atoms with Gasteiger partial charge < -0.3 is 25.6 Å². The molecule has 7 heteroatoms. The molecule has 1 aromatic rings. The van der Waals surface area contributed by atoms with Crippen LogP contribution in [0.25, 0.3) is 0 Å². The third-order valence-electron chi connectivity index (χ3n) is 3.81. The molecule has 0 bridgehead atoms. The normalized spacial score (nSPS) is 21.0. The van der Waals surface area contributed by atoms with E-state index in [9.17, 15) is 9.59 Å². The number of nitrogens with two attached hydrogens (primary N) is 1. The Balaban J connectivity index is 1.53. The van der Waals surface area contributed by atoms with Crippen molar-refractivity contribution in [1.29, 1.82) is 0 Å². The molecule has 2 fully saturated rings. The number of piperazine rings is 1. The molecule has 0 aromatic heterocycles. The van der Waals surface area contributed by atoms with E-state index >= 15 is 0 Å². The van der Waals surface area contributed by atoms with E-state index in [2.05, 4.69) is 5.32 Å². The highest BCUT2D eigenvalue weighted by Gasteiger charge is 2.36. The van der Waals surface area contributed by atoms with E-state index in [-0.39, 0.29) is 24.6 Å². The molecule has 2 saturated heterocycles. The number of nitrogens with zero attached hydrogens (tertiary/aromatic N) is 2. The van der Waals surface area contributed by atoms with E-state index in [1.165, 1.54) is 0 Å². The zero-order valence-corrected chi connectivity index (χ0v) is 11.6. The summed E-state index contributed by atoms with van der Waals surface area (Å²) in [6.07, 6.45) is 0. The maximum Gasteiger partial charge on any atom is 0.317 e. The molecule has 112 valence electrons. The Morgan fingerprint density at radius 1 is 1.43 bits per heavy atom. The fraction of sp³-hybridized carbons (Fsp3) is 0.429. The molecule has 0 radical (unpaired) electrons. The Morgan fingerprint density at radius 2 is 2.29 bits per heavy atom. The number of nitrogen functional groups attached to an aromatic ring is 1. The lowest BCUT2D eigenvalue weighted by molar-refractivity contribution is -0.135. The van der Waals surface area contributed by atoms with Crippen LogP contribution in [0.5, 0.6) is 5.75 Å². The third kappa shape index (κ3) is 2.86. The van der Waals surface area contributed by atoms with Crippen molar-refractivity contribution >= 4 is 17.6 Å². The molecule has 0 aliphatic carbocycles. The van der Waals surface area contributed by atoms with E-state index in [0.29, 0.717) is 37.6 Å². The maximum atomic E-state index is 12.2. The molecule has 2 heterocycles. The van der Waals surface area contributed by atoms with Crippen molar-refractivity contribution in [3.63, 3.8) is 0 Å². The van der Waals surface area contributed by atoms with Crippen molar-refractivity contribution in [2.24, 2.45) is 0 Å². The van der Waals surface area contributed by atoms with Gasteiger partial charge in [-0.15, -0.1) is 0 Å². The summed E-state index contributed by atoms with van der Waals surface area (Å²) in [6, 6.07) is 7.03. The van der Waals surface area contributed by atoms with Crippen LogP contribution in [-0.4, -0.2) is 60.6 Å². The molecule has 21 heavy (non-hydrogen) atoms. The number of hydrogen-bond acceptors (Lipinski definition) is 4. The highest BCUT2D eigenvalue weighted by atomic mass is 16.5. The molecule has 2 aliphatic heterocycles. The first kappa shape index (κ1) is 13.5. The van der Waals surface area contributed by atoms with Gasteiger partial charge in [-0.2, -0.15) is 0 Å². The quantitative estimate of drug-likeness (QED) is 0.760. The van der Waals surface area contributed by atoms with Crippen molar-refractivity contribution < 1.29 is 14.3 Å². The molecular formula is C14H18N4O3. The number of anilines is 1. The van der Waals surface area contributed by atoms with Crippen LogP contribution in [0.15, 0.2) is 24.3 Å². The summed E-state index contributed by atoms with van der Waals surface area (Å²) in [7, 11) is 0. The Bertz CT molecular complexity index is 563. The molecule has 3 N–H and O–H groups in total. The molecule has 3 rings (SSSR count). The Hall–Kier alpha value is -2.44. The minimum atomic E-state index is -0.0728. The molecule has 1 aromatic carbocycles. The summed E-state index contributed by atoms with van der Waals surface area (Å²) in [5, 5.41) is 2.79. The average Bonchev–Trinajstić information content (AvgIpc) is 2.86. The minimum absolute atomic E-state index is 0.0163.